The van der Waals surface area contributed by atoms with Crippen LogP contribution in [-0.4, -0.2) is 11.9 Å². The van der Waals surface area contributed by atoms with Gasteiger partial charge in [-0.05, 0) is 42.5 Å². The Morgan fingerprint density at radius 3 is 2.19 bits per heavy atom. The Balaban J connectivity index is 1.83. The van der Waals surface area contributed by atoms with Crippen molar-refractivity contribution in [2.75, 3.05) is 5.32 Å². The van der Waals surface area contributed by atoms with Crippen LogP contribution in [0.4, 0.5) is 14.5 Å². The number of ether oxygens (including phenoxy) is 1. The van der Waals surface area contributed by atoms with E-state index in [1.54, 1.807) is 30.3 Å². The number of hydrogen-bond donors (Lipinski definition) is 1. The minimum atomic E-state index is -1.26. The highest BCUT2D eigenvalue weighted by atomic mass is 19.1. The van der Waals surface area contributed by atoms with Crippen LogP contribution < -0.4 is 5.32 Å². The van der Waals surface area contributed by atoms with E-state index >= 15 is 0 Å². The molecule has 0 aliphatic rings. The van der Waals surface area contributed by atoms with Crippen LogP contribution in [0.3, 0.4) is 0 Å². The summed E-state index contributed by atoms with van der Waals surface area (Å²) in [6.45, 7) is 0. The summed E-state index contributed by atoms with van der Waals surface area (Å²) in [6, 6.07) is 18.6. The lowest BCUT2D eigenvalue weighted by molar-refractivity contribution is -0.125. The Hall–Kier alpha value is -3.54. The minimum absolute atomic E-state index is 0.00878. The summed E-state index contributed by atoms with van der Waals surface area (Å²) in [5.74, 6) is -2.48. The number of esters is 1. The fourth-order valence-corrected chi connectivity index (χ4v) is 2.43. The summed E-state index contributed by atoms with van der Waals surface area (Å²) in [7, 11) is 0. The zero-order chi connectivity index (χ0) is 19.2. The predicted octanol–water partition coefficient (Wildman–Crippen LogP) is 4.50. The van der Waals surface area contributed by atoms with E-state index in [4.69, 9.17) is 4.74 Å². The second kappa shape index (κ2) is 8.23. The molecule has 0 spiro atoms. The Bertz CT molecular complexity index is 943. The molecular weight excluding hydrogens is 352 g/mol. The van der Waals surface area contributed by atoms with Crippen molar-refractivity contribution in [2.24, 2.45) is 0 Å². The van der Waals surface area contributed by atoms with E-state index in [1.807, 2.05) is 0 Å². The molecule has 0 heterocycles. The van der Waals surface area contributed by atoms with Crippen molar-refractivity contribution in [3.63, 3.8) is 0 Å². The van der Waals surface area contributed by atoms with E-state index < -0.39 is 29.6 Å². The van der Waals surface area contributed by atoms with Gasteiger partial charge < -0.3 is 10.1 Å². The van der Waals surface area contributed by atoms with Gasteiger partial charge in [-0.3, -0.25) is 4.79 Å². The molecule has 4 nitrogen and oxygen atoms in total. The average Bonchev–Trinajstić information content (AvgIpc) is 2.68. The van der Waals surface area contributed by atoms with Crippen LogP contribution >= 0.6 is 0 Å². The highest BCUT2D eigenvalue weighted by molar-refractivity contribution is 5.98. The molecule has 1 atom stereocenters. The van der Waals surface area contributed by atoms with Crippen LogP contribution in [-0.2, 0) is 9.53 Å². The summed E-state index contributed by atoms with van der Waals surface area (Å²) in [5.41, 5.74) is 0.788. The quantitative estimate of drug-likeness (QED) is 0.676. The van der Waals surface area contributed by atoms with Crippen LogP contribution in [0, 0.1) is 11.6 Å². The number of anilines is 1. The molecule has 0 aliphatic carbocycles. The fraction of sp³-hybridized carbons (Fsp3) is 0.0476. The van der Waals surface area contributed by atoms with Crippen LogP contribution in [0.2, 0.25) is 0 Å². The SMILES string of the molecule is O=C(OC(C(=O)Nc1ccc(F)cc1)c1ccccc1)c1cccc(F)c1. The van der Waals surface area contributed by atoms with Gasteiger partial charge in [0.15, 0.2) is 0 Å². The van der Waals surface area contributed by atoms with Crippen molar-refractivity contribution in [1.29, 1.82) is 0 Å². The Kier molecular flexibility index (Phi) is 5.56. The van der Waals surface area contributed by atoms with Crippen molar-refractivity contribution in [3.05, 3.63) is 102 Å². The van der Waals surface area contributed by atoms with Crippen molar-refractivity contribution >= 4 is 17.6 Å². The lowest BCUT2D eigenvalue weighted by Gasteiger charge is -2.18. The number of amides is 1. The molecule has 1 unspecified atom stereocenters. The highest BCUT2D eigenvalue weighted by Gasteiger charge is 2.26. The molecule has 1 N–H and O–H groups in total. The molecule has 6 heteroatoms. The van der Waals surface area contributed by atoms with Gasteiger partial charge in [0.05, 0.1) is 5.56 Å². The second-order valence-electron chi connectivity index (χ2n) is 5.70. The molecule has 0 saturated carbocycles. The lowest BCUT2D eigenvalue weighted by Crippen LogP contribution is -2.26. The molecule has 1 amide bonds. The third kappa shape index (κ3) is 4.76. The molecule has 0 aliphatic heterocycles. The Morgan fingerprint density at radius 2 is 1.52 bits per heavy atom. The maximum absolute atomic E-state index is 13.3. The van der Waals surface area contributed by atoms with E-state index in [2.05, 4.69) is 5.32 Å². The van der Waals surface area contributed by atoms with Crippen LogP contribution in [0.1, 0.15) is 22.0 Å². The summed E-state index contributed by atoms with van der Waals surface area (Å²) in [6.07, 6.45) is -1.26. The van der Waals surface area contributed by atoms with E-state index in [0.717, 1.165) is 6.07 Å². The first-order valence-corrected chi connectivity index (χ1v) is 8.11. The number of nitrogens with one attached hydrogen (secondary N) is 1. The van der Waals surface area contributed by atoms with Crippen LogP contribution in [0.5, 0.6) is 0 Å². The van der Waals surface area contributed by atoms with E-state index in [-0.39, 0.29) is 5.56 Å². The standard InChI is InChI=1S/C21H15F2NO3/c22-16-9-11-18(12-10-16)24-20(25)19(14-5-2-1-3-6-14)27-21(26)15-7-4-8-17(23)13-15/h1-13,19H,(H,24,25). The molecular formula is C21H15F2NO3. The number of carbonyl (C=O) groups is 2. The van der Waals surface area contributed by atoms with Crippen molar-refractivity contribution in [1.82, 2.24) is 0 Å². The summed E-state index contributed by atoms with van der Waals surface area (Å²) >= 11 is 0. The third-order valence-corrected chi connectivity index (χ3v) is 3.74. The predicted molar refractivity (Wildman–Crippen MR) is 96.0 cm³/mol. The largest absolute Gasteiger partial charge is 0.444 e. The highest BCUT2D eigenvalue weighted by Crippen LogP contribution is 2.22. The molecule has 0 saturated heterocycles. The molecule has 3 aromatic carbocycles. The van der Waals surface area contributed by atoms with Crippen LogP contribution in [0.15, 0.2) is 78.9 Å². The molecule has 0 fully saturated rings. The van der Waals surface area contributed by atoms with Gasteiger partial charge in [0, 0.05) is 11.3 Å². The maximum Gasteiger partial charge on any atom is 0.339 e. The average molecular weight is 367 g/mol. The Morgan fingerprint density at radius 1 is 0.815 bits per heavy atom. The van der Waals surface area contributed by atoms with Gasteiger partial charge in [0.25, 0.3) is 5.91 Å². The number of benzene rings is 3. The Labute approximate surface area is 154 Å². The van der Waals surface area contributed by atoms with E-state index in [1.165, 1.54) is 42.5 Å². The zero-order valence-electron chi connectivity index (χ0n) is 14.1. The molecule has 3 aromatic rings. The fourth-order valence-electron chi connectivity index (χ4n) is 2.43. The number of halogens is 2. The summed E-state index contributed by atoms with van der Waals surface area (Å²) in [4.78, 5) is 25.0. The number of rotatable bonds is 5. The van der Waals surface area contributed by atoms with Gasteiger partial charge in [-0.2, -0.15) is 0 Å². The van der Waals surface area contributed by atoms with Crippen molar-refractivity contribution < 1.29 is 23.1 Å². The van der Waals surface area contributed by atoms with E-state index in [0.29, 0.717) is 11.3 Å². The molecule has 0 aromatic heterocycles. The van der Waals surface area contributed by atoms with Gasteiger partial charge >= 0.3 is 5.97 Å². The number of carbonyl (C=O) groups excluding carboxylic acids is 2. The smallest absolute Gasteiger partial charge is 0.339 e. The first-order valence-electron chi connectivity index (χ1n) is 8.11. The third-order valence-electron chi connectivity index (χ3n) is 3.74. The normalized spacial score (nSPS) is 11.5. The van der Waals surface area contributed by atoms with Gasteiger partial charge in [-0.1, -0.05) is 36.4 Å². The molecule has 0 radical (unpaired) electrons. The topological polar surface area (TPSA) is 55.4 Å². The molecule has 0 bridgehead atoms. The molecule has 3 rings (SSSR count). The monoisotopic (exact) mass is 367 g/mol. The maximum atomic E-state index is 13.3. The zero-order valence-corrected chi connectivity index (χ0v) is 14.1. The van der Waals surface area contributed by atoms with Crippen LogP contribution in [0.25, 0.3) is 0 Å². The summed E-state index contributed by atoms with van der Waals surface area (Å²) in [5, 5.41) is 2.58. The van der Waals surface area contributed by atoms with Crippen molar-refractivity contribution in [2.45, 2.75) is 6.10 Å². The van der Waals surface area contributed by atoms with Gasteiger partial charge in [0.2, 0.25) is 6.10 Å². The first-order chi connectivity index (χ1) is 13.0. The van der Waals surface area contributed by atoms with Gasteiger partial charge in [0.1, 0.15) is 11.6 Å². The first kappa shape index (κ1) is 18.3. The molecule has 27 heavy (non-hydrogen) atoms. The van der Waals surface area contributed by atoms with Crippen molar-refractivity contribution in [3.8, 4) is 0 Å². The lowest BCUT2D eigenvalue weighted by atomic mass is 10.1. The number of hydrogen-bond acceptors (Lipinski definition) is 3. The summed E-state index contributed by atoms with van der Waals surface area (Å²) < 4.78 is 31.7. The van der Waals surface area contributed by atoms with Gasteiger partial charge in [-0.25, -0.2) is 13.6 Å². The molecule has 136 valence electrons. The van der Waals surface area contributed by atoms with Gasteiger partial charge in [-0.15, -0.1) is 0 Å². The second-order valence-corrected chi connectivity index (χ2v) is 5.70. The van der Waals surface area contributed by atoms with E-state index in [9.17, 15) is 18.4 Å². The minimum Gasteiger partial charge on any atom is -0.444 e.